The lowest BCUT2D eigenvalue weighted by molar-refractivity contribution is -0.150. The van der Waals surface area contributed by atoms with Gasteiger partial charge >= 0.3 is 11.7 Å². The number of nitrogens with one attached hydrogen (secondary N) is 1. The largest absolute Gasteiger partial charge is 0.463 e. The van der Waals surface area contributed by atoms with Gasteiger partial charge in [0.2, 0.25) is 0 Å². The van der Waals surface area contributed by atoms with Crippen LogP contribution in [0.4, 0.5) is 0 Å². The van der Waals surface area contributed by atoms with Crippen molar-refractivity contribution >= 4 is 5.97 Å². The van der Waals surface area contributed by atoms with E-state index in [9.17, 15) is 24.6 Å². The van der Waals surface area contributed by atoms with E-state index >= 15 is 0 Å². The Hall–Kier alpha value is -1.97. The molecule has 0 unspecified atom stereocenters. The highest BCUT2D eigenvalue weighted by molar-refractivity contribution is 5.69. The van der Waals surface area contributed by atoms with Gasteiger partial charge < -0.3 is 19.7 Å². The van der Waals surface area contributed by atoms with Crippen LogP contribution in [0.15, 0.2) is 15.8 Å². The van der Waals surface area contributed by atoms with Crippen molar-refractivity contribution in [3.8, 4) is 0 Å². The summed E-state index contributed by atoms with van der Waals surface area (Å²) >= 11 is 0. The Morgan fingerprint density at radius 1 is 0.943 bits per heavy atom. The number of unbranched alkanes of at least 4 members (excludes halogenated alkanes) is 12. The quantitative estimate of drug-likeness (QED) is 0.222. The maximum absolute atomic E-state index is 12.1. The minimum atomic E-state index is -1.40. The second kappa shape index (κ2) is 15.9. The van der Waals surface area contributed by atoms with Crippen LogP contribution in [0.1, 0.15) is 109 Å². The maximum atomic E-state index is 12.1. The first-order valence-electron chi connectivity index (χ1n) is 13.3. The van der Waals surface area contributed by atoms with Crippen LogP contribution >= 0.6 is 0 Å². The number of rotatable bonds is 17. The zero-order chi connectivity index (χ0) is 25.6. The fraction of sp³-hybridized carbons (Fsp3) is 0.808. The molecule has 0 spiro atoms. The van der Waals surface area contributed by atoms with Crippen LogP contribution in [-0.4, -0.2) is 50.7 Å². The summed E-state index contributed by atoms with van der Waals surface area (Å²) in [6.45, 7) is 3.54. The lowest BCUT2D eigenvalue weighted by Crippen LogP contribution is -2.38. The third-order valence-corrected chi connectivity index (χ3v) is 6.65. The average Bonchev–Trinajstić information content (AvgIpc) is 3.11. The van der Waals surface area contributed by atoms with Crippen molar-refractivity contribution in [3.05, 3.63) is 32.6 Å². The molecule has 1 aliphatic heterocycles. The maximum Gasteiger partial charge on any atom is 0.330 e. The van der Waals surface area contributed by atoms with Crippen LogP contribution in [0.25, 0.3) is 0 Å². The van der Waals surface area contributed by atoms with E-state index in [0.717, 1.165) is 23.8 Å². The molecule has 200 valence electrons. The van der Waals surface area contributed by atoms with E-state index in [1.807, 2.05) is 0 Å². The summed E-state index contributed by atoms with van der Waals surface area (Å²) in [5.41, 5.74) is -1.02. The number of nitrogens with zero attached hydrogens (tertiary/aromatic N) is 1. The number of hydrogen-bond acceptors (Lipinski definition) is 7. The molecule has 9 heteroatoms. The van der Waals surface area contributed by atoms with E-state index in [1.54, 1.807) is 0 Å². The van der Waals surface area contributed by atoms with Gasteiger partial charge in [-0.05, 0) is 13.3 Å². The van der Waals surface area contributed by atoms with Gasteiger partial charge in [-0.15, -0.1) is 0 Å². The van der Waals surface area contributed by atoms with Crippen LogP contribution in [0, 0.1) is 6.92 Å². The fourth-order valence-electron chi connectivity index (χ4n) is 4.41. The molecule has 1 fully saturated rings. The first-order chi connectivity index (χ1) is 16.8. The number of aliphatic hydroxyl groups is 2. The molecule has 35 heavy (non-hydrogen) atoms. The number of carbonyl (C=O) groups is 1. The van der Waals surface area contributed by atoms with Crippen LogP contribution < -0.4 is 11.2 Å². The Balaban J connectivity index is 1.56. The Bertz CT molecular complexity index is 866. The molecule has 1 aromatic heterocycles. The molecule has 4 atom stereocenters. The number of ether oxygens (including phenoxy) is 2. The highest BCUT2D eigenvalue weighted by Crippen LogP contribution is 2.28. The Labute approximate surface area is 207 Å². The lowest BCUT2D eigenvalue weighted by Gasteiger charge is -2.17. The number of aromatic nitrogens is 2. The van der Waals surface area contributed by atoms with E-state index in [0.29, 0.717) is 6.42 Å². The van der Waals surface area contributed by atoms with E-state index in [2.05, 4.69) is 11.9 Å². The lowest BCUT2D eigenvalue weighted by atomic mass is 10.0. The number of carbonyl (C=O) groups excluding carboxylic acids is 1. The van der Waals surface area contributed by atoms with Crippen LogP contribution in [0.5, 0.6) is 0 Å². The second-order valence-electron chi connectivity index (χ2n) is 9.70. The van der Waals surface area contributed by atoms with Crippen LogP contribution in [0.2, 0.25) is 0 Å². The highest BCUT2D eigenvalue weighted by Gasteiger charge is 2.44. The minimum Gasteiger partial charge on any atom is -0.463 e. The van der Waals surface area contributed by atoms with Gasteiger partial charge in [0.1, 0.15) is 24.9 Å². The fourth-order valence-corrected chi connectivity index (χ4v) is 4.41. The number of H-pyrrole nitrogens is 1. The molecular weight excluding hydrogens is 452 g/mol. The molecule has 0 saturated carbocycles. The number of hydrogen-bond donors (Lipinski definition) is 3. The molecule has 2 heterocycles. The molecule has 0 amide bonds. The third kappa shape index (κ3) is 9.89. The Morgan fingerprint density at radius 2 is 1.49 bits per heavy atom. The number of aromatic amines is 1. The smallest absolute Gasteiger partial charge is 0.330 e. The van der Waals surface area contributed by atoms with Crippen molar-refractivity contribution in [1.82, 2.24) is 9.55 Å². The van der Waals surface area contributed by atoms with Gasteiger partial charge in [-0.1, -0.05) is 84.0 Å². The minimum absolute atomic E-state index is 0.219. The zero-order valence-corrected chi connectivity index (χ0v) is 21.4. The molecule has 1 saturated heterocycles. The summed E-state index contributed by atoms with van der Waals surface area (Å²) in [5.74, 6) is -0.376. The summed E-state index contributed by atoms with van der Waals surface area (Å²) in [7, 11) is 0. The third-order valence-electron chi connectivity index (χ3n) is 6.65. The molecular formula is C26H44N2O7. The standard InChI is InChI=1S/C26H44N2O7/c1-3-4-5-6-7-8-9-10-11-12-13-14-15-16-21(29)34-18-20-22(30)23(31)25(35-20)28-17-19(2)24(32)27-26(28)33/h17,20,22-23,25,30-31H,3-16,18H2,1-2H3,(H,27,32,33)/t20-,22-,23+,25-/m1/s1. The normalized spacial score (nSPS) is 21.9. The van der Waals surface area contributed by atoms with E-state index in [1.165, 1.54) is 77.3 Å². The van der Waals surface area contributed by atoms with Gasteiger partial charge in [-0.25, -0.2) is 4.79 Å². The number of aliphatic hydroxyl groups excluding tert-OH is 2. The van der Waals surface area contributed by atoms with Crippen molar-refractivity contribution < 1.29 is 24.5 Å². The highest BCUT2D eigenvalue weighted by atomic mass is 16.6. The first kappa shape index (κ1) is 29.3. The SMILES string of the molecule is CCCCCCCCCCCCCCCC(=O)OC[C@H]1O[C@@H](n2cc(C)c(=O)[nH]c2=O)[C@@H](O)[C@@H]1O. The molecule has 0 aliphatic carbocycles. The van der Waals surface area contributed by atoms with Gasteiger partial charge in [-0.2, -0.15) is 0 Å². The zero-order valence-electron chi connectivity index (χ0n) is 21.4. The summed E-state index contributed by atoms with van der Waals surface area (Å²) in [5, 5.41) is 20.6. The molecule has 9 nitrogen and oxygen atoms in total. The second-order valence-corrected chi connectivity index (χ2v) is 9.70. The summed E-state index contributed by atoms with van der Waals surface area (Å²) in [4.78, 5) is 37.8. The van der Waals surface area contributed by atoms with Gasteiger partial charge in [0, 0.05) is 18.2 Å². The Kier molecular flexibility index (Phi) is 13.3. The number of aryl methyl sites for hydroxylation is 1. The molecule has 3 N–H and O–H groups in total. The van der Waals surface area contributed by atoms with Crippen molar-refractivity contribution in [2.45, 2.75) is 128 Å². The molecule has 1 aromatic rings. The van der Waals surface area contributed by atoms with Crippen LogP contribution in [-0.2, 0) is 14.3 Å². The van der Waals surface area contributed by atoms with Gasteiger partial charge in [0.25, 0.3) is 5.56 Å². The monoisotopic (exact) mass is 496 g/mol. The molecule has 0 aromatic carbocycles. The van der Waals surface area contributed by atoms with Crippen molar-refractivity contribution in [2.24, 2.45) is 0 Å². The summed E-state index contributed by atoms with van der Waals surface area (Å²) < 4.78 is 11.8. The summed E-state index contributed by atoms with van der Waals surface area (Å²) in [6.07, 6.45) is 12.6. The average molecular weight is 497 g/mol. The van der Waals surface area contributed by atoms with E-state index < -0.39 is 35.8 Å². The van der Waals surface area contributed by atoms with Crippen LogP contribution in [0.3, 0.4) is 0 Å². The van der Waals surface area contributed by atoms with Gasteiger partial charge in [-0.3, -0.25) is 19.1 Å². The van der Waals surface area contributed by atoms with E-state index in [4.69, 9.17) is 9.47 Å². The van der Waals surface area contributed by atoms with Crippen molar-refractivity contribution in [1.29, 1.82) is 0 Å². The summed E-state index contributed by atoms with van der Waals surface area (Å²) in [6, 6.07) is 0. The van der Waals surface area contributed by atoms with Crippen molar-refractivity contribution in [3.63, 3.8) is 0 Å². The predicted molar refractivity (Wildman–Crippen MR) is 133 cm³/mol. The molecule has 0 bridgehead atoms. The van der Waals surface area contributed by atoms with Gasteiger partial charge in [0.05, 0.1) is 0 Å². The van der Waals surface area contributed by atoms with E-state index in [-0.39, 0.29) is 18.1 Å². The molecule has 2 rings (SSSR count). The Morgan fingerprint density at radius 3 is 2.06 bits per heavy atom. The van der Waals surface area contributed by atoms with Crippen molar-refractivity contribution in [2.75, 3.05) is 6.61 Å². The number of esters is 1. The predicted octanol–water partition coefficient (Wildman–Crippen LogP) is 3.49. The molecule has 1 aliphatic rings. The molecule has 0 radical (unpaired) electrons. The van der Waals surface area contributed by atoms with Gasteiger partial charge in [0.15, 0.2) is 6.23 Å². The topological polar surface area (TPSA) is 131 Å². The first-order valence-corrected chi connectivity index (χ1v) is 13.3.